The van der Waals surface area contributed by atoms with Crippen LogP contribution in [0.2, 0.25) is 0 Å². The Balaban J connectivity index is 1.58. The molecule has 0 aromatic carbocycles. The van der Waals surface area contributed by atoms with Gasteiger partial charge in [0.2, 0.25) is 11.8 Å². The second-order valence-corrected chi connectivity index (χ2v) is 9.49. The lowest BCUT2D eigenvalue weighted by atomic mass is 9.99. The predicted molar refractivity (Wildman–Crippen MR) is 97.2 cm³/mol. The van der Waals surface area contributed by atoms with Crippen LogP contribution in [0, 0.1) is 0 Å². The summed E-state index contributed by atoms with van der Waals surface area (Å²) >= 11 is 1.37. The Morgan fingerprint density at radius 2 is 1.50 bits per heavy atom. The zero-order chi connectivity index (χ0) is 20.4. The molecule has 4 aliphatic rings. The van der Waals surface area contributed by atoms with Crippen LogP contribution in [-0.4, -0.2) is 70.0 Å². The number of amides is 2. The van der Waals surface area contributed by atoms with Crippen LogP contribution < -0.4 is 10.7 Å². The van der Waals surface area contributed by atoms with Gasteiger partial charge in [0.15, 0.2) is 23.4 Å². The van der Waals surface area contributed by atoms with Crippen molar-refractivity contribution in [2.75, 3.05) is 0 Å². The van der Waals surface area contributed by atoms with Gasteiger partial charge in [-0.25, -0.2) is 10.4 Å². The standard InChI is InChI=1S/C17H27N3O7S/c1-7(21)18-15-20(8(2)22)19-13(28-15)11-9-10(25-16(3,4)24-9)12-14(23-11)27-17(5,6)26-12/h9-15,19H,1-6H3,(H,18,21)/t9-,10+,11+,12-,13?,14-,15?/m1/s1. The van der Waals surface area contributed by atoms with Crippen molar-refractivity contribution in [3.63, 3.8) is 0 Å². The van der Waals surface area contributed by atoms with E-state index in [1.807, 2.05) is 27.7 Å². The van der Waals surface area contributed by atoms with Crippen LogP contribution in [0.5, 0.6) is 0 Å². The summed E-state index contributed by atoms with van der Waals surface area (Å²) in [5, 5.41) is 3.79. The summed E-state index contributed by atoms with van der Waals surface area (Å²) in [4.78, 5) is 23.6. The molecule has 0 aromatic heterocycles. The predicted octanol–water partition coefficient (Wildman–Crippen LogP) is 0.229. The summed E-state index contributed by atoms with van der Waals surface area (Å²) < 4.78 is 30.4. The molecule has 0 aliphatic carbocycles. The third-order valence-electron chi connectivity index (χ3n) is 4.93. The summed E-state index contributed by atoms with van der Waals surface area (Å²) in [5.74, 6) is -2.05. The number of ether oxygens (including phenoxy) is 5. The Morgan fingerprint density at radius 1 is 0.929 bits per heavy atom. The van der Waals surface area contributed by atoms with Gasteiger partial charge in [-0.3, -0.25) is 9.59 Å². The van der Waals surface area contributed by atoms with E-state index < -0.39 is 41.7 Å². The summed E-state index contributed by atoms with van der Waals surface area (Å²) in [6.45, 7) is 10.2. The van der Waals surface area contributed by atoms with E-state index in [4.69, 9.17) is 23.7 Å². The highest BCUT2D eigenvalue weighted by atomic mass is 32.2. The monoisotopic (exact) mass is 417 g/mol. The van der Waals surface area contributed by atoms with Gasteiger partial charge in [0.1, 0.15) is 29.8 Å². The molecule has 0 aromatic rings. The van der Waals surface area contributed by atoms with E-state index in [9.17, 15) is 9.59 Å². The average molecular weight is 417 g/mol. The molecule has 2 N–H and O–H groups in total. The lowest BCUT2D eigenvalue weighted by Crippen LogP contribution is -2.60. The van der Waals surface area contributed by atoms with Gasteiger partial charge in [0.25, 0.3) is 0 Å². The maximum Gasteiger partial charge on any atom is 0.236 e. The van der Waals surface area contributed by atoms with E-state index in [1.54, 1.807) is 0 Å². The Labute approximate surface area is 167 Å². The quantitative estimate of drug-likeness (QED) is 0.653. The number of nitrogens with zero attached hydrogens (tertiary/aromatic N) is 1. The lowest BCUT2D eigenvalue weighted by molar-refractivity contribution is -0.235. The fourth-order valence-electron chi connectivity index (χ4n) is 4.00. The molecule has 0 radical (unpaired) electrons. The molecule has 2 unspecified atom stereocenters. The first-order valence-electron chi connectivity index (χ1n) is 9.31. The molecule has 28 heavy (non-hydrogen) atoms. The fraction of sp³-hybridized carbons (Fsp3) is 0.882. The van der Waals surface area contributed by atoms with E-state index >= 15 is 0 Å². The first-order chi connectivity index (χ1) is 13.0. The molecule has 0 bridgehead atoms. The summed E-state index contributed by atoms with van der Waals surface area (Å²) in [5.41, 5.74) is 2.58. The van der Waals surface area contributed by atoms with Crippen molar-refractivity contribution in [3.05, 3.63) is 0 Å². The van der Waals surface area contributed by atoms with Crippen molar-refractivity contribution >= 4 is 23.6 Å². The summed E-state index contributed by atoms with van der Waals surface area (Å²) in [6, 6.07) is 0. The van der Waals surface area contributed by atoms with Gasteiger partial charge < -0.3 is 29.0 Å². The van der Waals surface area contributed by atoms with E-state index in [0.29, 0.717) is 0 Å². The van der Waals surface area contributed by atoms with Crippen molar-refractivity contribution in [3.8, 4) is 0 Å². The highest BCUT2D eigenvalue weighted by molar-refractivity contribution is 8.00. The van der Waals surface area contributed by atoms with Crippen LogP contribution >= 0.6 is 11.8 Å². The first-order valence-corrected chi connectivity index (χ1v) is 10.3. The number of rotatable bonds is 2. The van der Waals surface area contributed by atoms with Gasteiger partial charge in [0.05, 0.1) is 0 Å². The van der Waals surface area contributed by atoms with Gasteiger partial charge in [-0.05, 0) is 27.7 Å². The number of nitrogens with one attached hydrogen (secondary N) is 2. The number of carbonyl (C=O) groups excluding carboxylic acids is 2. The van der Waals surface area contributed by atoms with Crippen molar-refractivity contribution in [1.82, 2.24) is 15.8 Å². The molecule has 158 valence electrons. The molecule has 4 heterocycles. The minimum Gasteiger partial charge on any atom is -0.342 e. The second kappa shape index (κ2) is 6.79. The van der Waals surface area contributed by atoms with E-state index in [2.05, 4.69) is 10.7 Å². The first kappa shape index (κ1) is 20.3. The SMILES string of the molecule is CC(=O)NC1SC([C@H]2O[C@@H]3OC(C)(C)O[C@@H]3[C@H]3OC(C)(C)O[C@H]32)NN1C(C)=O. The number of hydrogen-bond acceptors (Lipinski definition) is 9. The third kappa shape index (κ3) is 3.64. The molecule has 0 saturated carbocycles. The minimum atomic E-state index is -0.803. The number of thioether (sulfide) groups is 1. The molecule has 4 rings (SSSR count). The van der Waals surface area contributed by atoms with Crippen LogP contribution in [0.4, 0.5) is 0 Å². The second-order valence-electron chi connectivity index (χ2n) is 8.26. The molecule has 7 atom stereocenters. The molecular formula is C17H27N3O7S. The van der Waals surface area contributed by atoms with Crippen molar-refractivity contribution in [2.45, 2.75) is 94.7 Å². The fourth-order valence-corrected chi connectivity index (χ4v) is 5.39. The molecule has 4 fully saturated rings. The van der Waals surface area contributed by atoms with Gasteiger partial charge in [0, 0.05) is 13.8 Å². The zero-order valence-electron chi connectivity index (χ0n) is 16.8. The van der Waals surface area contributed by atoms with E-state index in [0.717, 1.165) is 0 Å². The van der Waals surface area contributed by atoms with Crippen molar-refractivity contribution in [1.29, 1.82) is 0 Å². The molecule has 0 spiro atoms. The Bertz CT molecular complexity index is 675. The largest absolute Gasteiger partial charge is 0.342 e. The Kier molecular flexibility index (Phi) is 4.93. The summed E-state index contributed by atoms with van der Waals surface area (Å²) in [6.07, 6.45) is -2.33. The maximum atomic E-state index is 12.0. The lowest BCUT2D eigenvalue weighted by Gasteiger charge is -2.39. The number of carbonyl (C=O) groups is 2. The summed E-state index contributed by atoms with van der Waals surface area (Å²) in [7, 11) is 0. The normalized spacial score (nSPS) is 43.5. The van der Waals surface area contributed by atoms with Gasteiger partial charge in [-0.2, -0.15) is 0 Å². The van der Waals surface area contributed by atoms with Crippen LogP contribution in [0.15, 0.2) is 0 Å². The maximum absolute atomic E-state index is 12.0. The van der Waals surface area contributed by atoms with Crippen LogP contribution in [0.3, 0.4) is 0 Å². The van der Waals surface area contributed by atoms with Gasteiger partial charge in [-0.15, -0.1) is 0 Å². The van der Waals surface area contributed by atoms with E-state index in [-0.39, 0.29) is 23.3 Å². The minimum absolute atomic E-state index is 0.218. The van der Waals surface area contributed by atoms with E-state index in [1.165, 1.54) is 30.6 Å². The third-order valence-corrected chi connectivity index (χ3v) is 6.18. The molecular weight excluding hydrogens is 390 g/mol. The van der Waals surface area contributed by atoms with Crippen LogP contribution in [0.1, 0.15) is 41.5 Å². The highest BCUT2D eigenvalue weighted by Gasteiger charge is 2.62. The zero-order valence-corrected chi connectivity index (χ0v) is 17.6. The molecule has 2 amide bonds. The van der Waals surface area contributed by atoms with Crippen LogP contribution in [0.25, 0.3) is 0 Å². The van der Waals surface area contributed by atoms with Gasteiger partial charge in [-0.1, -0.05) is 11.8 Å². The molecule has 11 heteroatoms. The number of hydrogen-bond donors (Lipinski definition) is 2. The van der Waals surface area contributed by atoms with Gasteiger partial charge >= 0.3 is 0 Å². The Hall–Kier alpha value is -0.950. The topological polar surface area (TPSA) is 108 Å². The molecule has 4 aliphatic heterocycles. The van der Waals surface area contributed by atoms with Crippen molar-refractivity contribution < 1.29 is 33.3 Å². The molecule has 10 nitrogen and oxygen atoms in total. The number of fused-ring (bicyclic) bond motifs is 3. The smallest absolute Gasteiger partial charge is 0.236 e. The highest BCUT2D eigenvalue weighted by Crippen LogP contribution is 2.46. The molecule has 4 saturated heterocycles. The van der Waals surface area contributed by atoms with Crippen LogP contribution in [-0.2, 0) is 33.3 Å². The average Bonchev–Trinajstić information content (AvgIpc) is 3.17. The number of hydrazine groups is 1. The van der Waals surface area contributed by atoms with Crippen molar-refractivity contribution in [2.24, 2.45) is 0 Å². The Morgan fingerprint density at radius 3 is 2.11 bits per heavy atom.